The Hall–Kier alpha value is -4.62. The third kappa shape index (κ3) is 6.47. The highest BCUT2D eigenvalue weighted by molar-refractivity contribution is 6.34. The van der Waals surface area contributed by atoms with Crippen molar-refractivity contribution in [3.63, 3.8) is 0 Å². The summed E-state index contributed by atoms with van der Waals surface area (Å²) in [6.07, 6.45) is -0.729. The standard InChI is InChI=1S/C34H31ClN2O5/c1-34(2,3)42-32(39)22-17-18-29(28(35)19-22)36-31(38)30(21-11-5-4-6-12-21)37-33(40)41-20-27-25-15-9-7-13-23(25)24-14-8-10-16-26(24)27/h4-19,27,30H,20H2,1-3H3,(H,36,38)(H,37,40)/t30-/m0/s1. The van der Waals surface area contributed by atoms with E-state index in [1.165, 1.54) is 18.2 Å². The highest BCUT2D eigenvalue weighted by Gasteiger charge is 2.30. The first kappa shape index (κ1) is 28.9. The first-order valence-corrected chi connectivity index (χ1v) is 14.0. The second-order valence-corrected chi connectivity index (χ2v) is 11.4. The van der Waals surface area contributed by atoms with Gasteiger partial charge in [0, 0.05) is 5.92 Å². The quantitative estimate of drug-likeness (QED) is 0.220. The van der Waals surface area contributed by atoms with Gasteiger partial charge in [0.2, 0.25) is 0 Å². The van der Waals surface area contributed by atoms with Crippen molar-refractivity contribution in [2.45, 2.75) is 38.3 Å². The van der Waals surface area contributed by atoms with Crippen molar-refractivity contribution in [3.05, 3.63) is 124 Å². The van der Waals surface area contributed by atoms with E-state index in [1.54, 1.807) is 45.0 Å². The molecule has 0 bridgehead atoms. The number of alkyl carbamates (subject to hydrolysis) is 1. The fraction of sp³-hybridized carbons (Fsp3) is 0.206. The Kier molecular flexibility index (Phi) is 8.31. The number of amides is 2. The third-order valence-electron chi connectivity index (χ3n) is 6.86. The molecule has 2 N–H and O–H groups in total. The van der Waals surface area contributed by atoms with Crippen LogP contribution in [0.1, 0.15) is 59.8 Å². The summed E-state index contributed by atoms with van der Waals surface area (Å²) in [6, 6.07) is 28.4. The summed E-state index contributed by atoms with van der Waals surface area (Å²) in [5, 5.41) is 5.62. The molecule has 0 unspecified atom stereocenters. The number of esters is 1. The highest BCUT2D eigenvalue weighted by Crippen LogP contribution is 2.44. The van der Waals surface area contributed by atoms with E-state index in [9.17, 15) is 14.4 Å². The lowest BCUT2D eigenvalue weighted by molar-refractivity contribution is -0.118. The third-order valence-corrected chi connectivity index (χ3v) is 7.18. The van der Waals surface area contributed by atoms with Gasteiger partial charge in [-0.1, -0.05) is 90.5 Å². The maximum Gasteiger partial charge on any atom is 0.408 e. The number of hydrogen-bond donors (Lipinski definition) is 2. The zero-order valence-corrected chi connectivity index (χ0v) is 24.3. The van der Waals surface area contributed by atoms with Gasteiger partial charge in [0.15, 0.2) is 0 Å². The van der Waals surface area contributed by atoms with Gasteiger partial charge in [0.25, 0.3) is 5.91 Å². The monoisotopic (exact) mass is 582 g/mol. The van der Waals surface area contributed by atoms with E-state index < -0.39 is 29.6 Å². The van der Waals surface area contributed by atoms with Crippen molar-refractivity contribution in [2.24, 2.45) is 0 Å². The molecule has 1 aliphatic carbocycles. The molecule has 2 amide bonds. The lowest BCUT2D eigenvalue weighted by Gasteiger charge is -2.21. The minimum atomic E-state index is -1.07. The second-order valence-electron chi connectivity index (χ2n) is 11.0. The summed E-state index contributed by atoms with van der Waals surface area (Å²) in [6.45, 7) is 5.43. The van der Waals surface area contributed by atoms with E-state index in [0.29, 0.717) is 5.56 Å². The normalized spacial score (nSPS) is 13.0. The molecule has 4 aromatic carbocycles. The first-order valence-electron chi connectivity index (χ1n) is 13.6. The number of ether oxygens (including phenoxy) is 2. The van der Waals surface area contributed by atoms with Gasteiger partial charge < -0.3 is 20.1 Å². The number of fused-ring (bicyclic) bond motifs is 3. The number of benzene rings is 4. The van der Waals surface area contributed by atoms with Gasteiger partial charge in [-0.15, -0.1) is 0 Å². The Morgan fingerprint density at radius 2 is 1.43 bits per heavy atom. The van der Waals surface area contributed by atoms with Crippen molar-refractivity contribution in [2.75, 3.05) is 11.9 Å². The van der Waals surface area contributed by atoms with E-state index in [2.05, 4.69) is 22.8 Å². The summed E-state index contributed by atoms with van der Waals surface area (Å²) < 4.78 is 11.1. The van der Waals surface area contributed by atoms with Crippen LogP contribution in [0.15, 0.2) is 97.1 Å². The van der Waals surface area contributed by atoms with Gasteiger partial charge in [-0.3, -0.25) is 4.79 Å². The largest absolute Gasteiger partial charge is 0.456 e. The topological polar surface area (TPSA) is 93.7 Å². The Balaban J connectivity index is 1.29. The van der Waals surface area contributed by atoms with Crippen molar-refractivity contribution >= 4 is 35.3 Å². The molecule has 1 aliphatic rings. The lowest BCUT2D eigenvalue weighted by Crippen LogP contribution is -2.37. The van der Waals surface area contributed by atoms with Crippen LogP contribution in [0.4, 0.5) is 10.5 Å². The van der Waals surface area contributed by atoms with Gasteiger partial charge in [-0.25, -0.2) is 9.59 Å². The van der Waals surface area contributed by atoms with Crippen LogP contribution in [0.5, 0.6) is 0 Å². The smallest absolute Gasteiger partial charge is 0.408 e. The number of anilines is 1. The van der Waals surface area contributed by atoms with Crippen LogP contribution in [0.2, 0.25) is 5.02 Å². The van der Waals surface area contributed by atoms with Crippen LogP contribution in [0.25, 0.3) is 11.1 Å². The molecule has 0 saturated heterocycles. The minimum absolute atomic E-state index is 0.112. The van der Waals surface area contributed by atoms with Crippen LogP contribution in [0.3, 0.4) is 0 Å². The van der Waals surface area contributed by atoms with E-state index in [4.69, 9.17) is 21.1 Å². The average Bonchev–Trinajstić information content (AvgIpc) is 3.29. The predicted molar refractivity (Wildman–Crippen MR) is 163 cm³/mol. The van der Waals surface area contributed by atoms with Crippen LogP contribution in [0, 0.1) is 0 Å². The Morgan fingerprint density at radius 3 is 2.02 bits per heavy atom. The number of carbonyl (C=O) groups excluding carboxylic acids is 3. The summed E-state index contributed by atoms with van der Waals surface area (Å²) in [4.78, 5) is 39.0. The molecule has 0 heterocycles. The molecular weight excluding hydrogens is 552 g/mol. The molecule has 0 saturated carbocycles. The van der Waals surface area contributed by atoms with Crippen LogP contribution >= 0.6 is 11.6 Å². The van der Waals surface area contributed by atoms with Crippen LogP contribution in [-0.2, 0) is 14.3 Å². The summed E-state index contributed by atoms with van der Waals surface area (Å²) in [7, 11) is 0. The van der Waals surface area contributed by atoms with Gasteiger partial charge in [-0.2, -0.15) is 0 Å². The van der Waals surface area contributed by atoms with E-state index in [1.807, 2.05) is 42.5 Å². The molecule has 0 aliphatic heterocycles. The Morgan fingerprint density at radius 1 is 0.833 bits per heavy atom. The summed E-state index contributed by atoms with van der Waals surface area (Å²) in [5.41, 5.74) is 4.86. The zero-order chi connectivity index (χ0) is 29.9. The van der Waals surface area contributed by atoms with Crippen LogP contribution < -0.4 is 10.6 Å². The fourth-order valence-electron chi connectivity index (χ4n) is 4.99. The number of hydrogen-bond acceptors (Lipinski definition) is 5. The minimum Gasteiger partial charge on any atom is -0.456 e. The lowest BCUT2D eigenvalue weighted by atomic mass is 9.98. The average molecular weight is 583 g/mol. The number of nitrogens with one attached hydrogen (secondary N) is 2. The Bertz CT molecular complexity index is 1590. The number of halogens is 1. The molecule has 42 heavy (non-hydrogen) atoms. The molecule has 7 nitrogen and oxygen atoms in total. The molecule has 5 rings (SSSR count). The predicted octanol–water partition coefficient (Wildman–Crippen LogP) is 7.51. The van der Waals surface area contributed by atoms with Gasteiger partial charge in [0.05, 0.1) is 16.3 Å². The molecule has 0 spiro atoms. The second kappa shape index (κ2) is 12.1. The maximum absolute atomic E-state index is 13.5. The molecule has 0 radical (unpaired) electrons. The van der Waals surface area contributed by atoms with E-state index in [0.717, 1.165) is 22.3 Å². The molecule has 8 heteroatoms. The maximum atomic E-state index is 13.5. The van der Waals surface area contributed by atoms with Crippen molar-refractivity contribution in [1.82, 2.24) is 5.32 Å². The number of carbonyl (C=O) groups is 3. The zero-order valence-electron chi connectivity index (χ0n) is 23.5. The molecule has 0 fully saturated rings. The van der Waals surface area contributed by atoms with Crippen molar-refractivity contribution < 1.29 is 23.9 Å². The Labute approximate surface area is 249 Å². The molecule has 214 valence electrons. The van der Waals surface area contributed by atoms with Crippen molar-refractivity contribution in [1.29, 1.82) is 0 Å². The summed E-state index contributed by atoms with van der Waals surface area (Å²) >= 11 is 6.42. The van der Waals surface area contributed by atoms with Gasteiger partial charge in [0.1, 0.15) is 18.2 Å². The highest BCUT2D eigenvalue weighted by atomic mass is 35.5. The van der Waals surface area contributed by atoms with Gasteiger partial charge >= 0.3 is 12.1 Å². The van der Waals surface area contributed by atoms with Gasteiger partial charge in [-0.05, 0) is 66.8 Å². The molecular formula is C34H31ClN2O5. The van der Waals surface area contributed by atoms with Crippen LogP contribution in [-0.4, -0.2) is 30.2 Å². The van der Waals surface area contributed by atoms with E-state index in [-0.39, 0.29) is 28.8 Å². The van der Waals surface area contributed by atoms with E-state index >= 15 is 0 Å². The van der Waals surface area contributed by atoms with Crippen molar-refractivity contribution in [3.8, 4) is 11.1 Å². The summed E-state index contributed by atoms with van der Waals surface area (Å²) in [5.74, 6) is -1.17. The molecule has 1 atom stereocenters. The number of rotatable bonds is 7. The first-order chi connectivity index (χ1) is 20.1. The molecule has 0 aromatic heterocycles. The SMILES string of the molecule is CC(C)(C)OC(=O)c1ccc(NC(=O)[C@@H](NC(=O)OCC2c3ccccc3-c3ccccc32)c2ccccc2)c(Cl)c1. The fourth-order valence-corrected chi connectivity index (χ4v) is 5.22. The molecule has 4 aromatic rings.